The summed E-state index contributed by atoms with van der Waals surface area (Å²) in [6.45, 7) is 5.74. The van der Waals surface area contributed by atoms with Crippen molar-refractivity contribution in [2.75, 3.05) is 0 Å². The molecule has 1 nitrogen and oxygen atoms in total. The van der Waals surface area contributed by atoms with Crippen molar-refractivity contribution >= 4 is 13.8 Å². The van der Waals surface area contributed by atoms with Crippen LogP contribution in [0.1, 0.15) is 13.8 Å². The molecular formula is C3H8B2O. The van der Waals surface area contributed by atoms with Gasteiger partial charge in [-0.05, 0) is 0 Å². The van der Waals surface area contributed by atoms with Gasteiger partial charge in [0.15, 0.2) is 0 Å². The first-order valence-electron chi connectivity index (χ1n) is 2.08. The molecule has 32 valence electrons. The van der Waals surface area contributed by atoms with Gasteiger partial charge in [-0.1, -0.05) is 0 Å². The van der Waals surface area contributed by atoms with Gasteiger partial charge in [-0.25, -0.2) is 0 Å². The predicted molar refractivity (Wildman–Crippen MR) is 28.8 cm³/mol. The Morgan fingerprint density at radius 2 is 2.00 bits per heavy atom. The molecular weight excluding hydrogens is 73.7 g/mol. The van der Waals surface area contributed by atoms with E-state index >= 15 is 0 Å². The van der Waals surface area contributed by atoms with Gasteiger partial charge in [0, 0.05) is 0 Å². The van der Waals surface area contributed by atoms with E-state index in [0.717, 1.165) is 7.00 Å². The van der Waals surface area contributed by atoms with Crippen molar-refractivity contribution in [3.63, 3.8) is 0 Å². The third-order valence-corrected chi connectivity index (χ3v) is 0.471. The molecule has 0 heterocycles. The molecule has 0 aliphatic heterocycles. The monoisotopic (exact) mass is 82.1 g/mol. The van der Waals surface area contributed by atoms with Gasteiger partial charge in [0.2, 0.25) is 0 Å². The Balaban J connectivity index is 3.03. The summed E-state index contributed by atoms with van der Waals surface area (Å²) in [6, 6.07) is 0. The minimum atomic E-state index is 0.468. The van der Waals surface area contributed by atoms with Crippen molar-refractivity contribution < 1.29 is 5.02 Å². The van der Waals surface area contributed by atoms with Crippen LogP contribution in [0.3, 0.4) is 0 Å². The first kappa shape index (κ1) is 5.93. The molecule has 0 rings (SSSR count). The van der Waals surface area contributed by atoms with Crippen LogP contribution in [-0.2, 0) is 0 Å². The molecule has 0 bridgehead atoms. The summed E-state index contributed by atoms with van der Waals surface area (Å²) in [4.78, 5) is 0. The zero-order valence-electron chi connectivity index (χ0n) is 4.18. The summed E-state index contributed by atoms with van der Waals surface area (Å²) >= 11 is 0. The van der Waals surface area contributed by atoms with Gasteiger partial charge < -0.3 is 0 Å². The van der Waals surface area contributed by atoms with Crippen molar-refractivity contribution in [2.24, 2.45) is 0 Å². The quantitative estimate of drug-likeness (QED) is 0.442. The maximum absolute atomic E-state index is 8.06. The van der Waals surface area contributed by atoms with Gasteiger partial charge in [0.05, 0.1) is 0 Å². The Labute approximate surface area is 39.5 Å². The van der Waals surface area contributed by atoms with Gasteiger partial charge in [0.25, 0.3) is 0 Å². The Kier molecular flexibility index (Phi) is 3.10. The van der Waals surface area contributed by atoms with Crippen LogP contribution in [0.4, 0.5) is 0 Å². The molecule has 0 aliphatic carbocycles. The van der Waals surface area contributed by atoms with Crippen LogP contribution in [0.2, 0.25) is 5.82 Å². The second-order valence-electron chi connectivity index (χ2n) is 1.59. The standard InChI is InChI=1S/C3H8B2O/c1-3(2)4-5-6/h3,6H,1-2H3. The third-order valence-electron chi connectivity index (χ3n) is 0.471. The van der Waals surface area contributed by atoms with Gasteiger partial charge in [0.1, 0.15) is 0 Å². The van der Waals surface area contributed by atoms with Gasteiger partial charge in [-0.2, -0.15) is 0 Å². The second-order valence-corrected chi connectivity index (χ2v) is 1.59. The minimum absolute atomic E-state index is 0.468. The fourth-order valence-corrected chi connectivity index (χ4v) is 0.172. The maximum atomic E-state index is 8.06. The molecule has 0 radical (unpaired) electrons. The van der Waals surface area contributed by atoms with E-state index in [1.807, 2.05) is 13.8 Å². The summed E-state index contributed by atoms with van der Waals surface area (Å²) in [5, 5.41) is 8.06. The fraction of sp³-hybridized carbons (Fsp3) is 1.00. The molecule has 0 aromatic carbocycles. The van der Waals surface area contributed by atoms with E-state index < -0.39 is 0 Å². The summed E-state index contributed by atoms with van der Waals surface area (Å²) in [6.07, 6.45) is 0. The van der Waals surface area contributed by atoms with Crippen molar-refractivity contribution in [2.45, 2.75) is 19.7 Å². The molecule has 0 amide bonds. The van der Waals surface area contributed by atoms with Crippen LogP contribution < -0.4 is 0 Å². The number of hydrogen-bond donors (Lipinski definition) is 1. The van der Waals surface area contributed by atoms with Crippen molar-refractivity contribution in [3.05, 3.63) is 0 Å². The van der Waals surface area contributed by atoms with E-state index in [-0.39, 0.29) is 0 Å². The van der Waals surface area contributed by atoms with E-state index in [1.165, 1.54) is 0 Å². The zero-order chi connectivity index (χ0) is 4.99. The second kappa shape index (κ2) is 3.13. The summed E-state index contributed by atoms with van der Waals surface area (Å²) in [5.74, 6) is 0.468. The van der Waals surface area contributed by atoms with Crippen LogP contribution in [0.25, 0.3) is 0 Å². The van der Waals surface area contributed by atoms with Crippen LogP contribution in [0.5, 0.6) is 0 Å². The van der Waals surface area contributed by atoms with Crippen LogP contribution in [0, 0.1) is 0 Å². The first-order valence-corrected chi connectivity index (χ1v) is 2.08. The molecule has 3 heteroatoms. The fourth-order valence-electron chi connectivity index (χ4n) is 0.172. The van der Waals surface area contributed by atoms with Crippen molar-refractivity contribution in [3.8, 4) is 0 Å². The molecule has 0 atom stereocenters. The van der Waals surface area contributed by atoms with Crippen LogP contribution in [0.15, 0.2) is 0 Å². The molecule has 1 N–H and O–H groups in total. The first-order chi connectivity index (χ1) is 2.77. The van der Waals surface area contributed by atoms with Crippen LogP contribution in [-0.4, -0.2) is 18.8 Å². The van der Waals surface area contributed by atoms with E-state index in [0.29, 0.717) is 5.82 Å². The Hall–Kier alpha value is -0.0701. The number of hydrogen-bond acceptors (Lipinski definition) is 1. The summed E-state index contributed by atoms with van der Waals surface area (Å²) in [5.41, 5.74) is 0. The van der Waals surface area contributed by atoms with E-state index in [9.17, 15) is 0 Å². The van der Waals surface area contributed by atoms with Crippen molar-refractivity contribution in [1.29, 1.82) is 0 Å². The van der Waals surface area contributed by atoms with Gasteiger partial charge in [-0.3, -0.25) is 0 Å². The zero-order valence-corrected chi connectivity index (χ0v) is 4.18. The topological polar surface area (TPSA) is 20.2 Å². The Morgan fingerprint density at radius 1 is 1.50 bits per heavy atom. The molecule has 0 aliphatic rings. The SMILES string of the molecule is CC(C)B=BO. The van der Waals surface area contributed by atoms with E-state index in [1.54, 1.807) is 6.80 Å². The molecule has 0 spiro atoms. The normalized spacial score (nSPS) is 8.50. The van der Waals surface area contributed by atoms with E-state index in [4.69, 9.17) is 5.02 Å². The molecule has 0 unspecified atom stereocenters. The molecule has 0 aromatic heterocycles. The molecule has 6 heavy (non-hydrogen) atoms. The van der Waals surface area contributed by atoms with E-state index in [2.05, 4.69) is 0 Å². The Bertz CT molecular complexity index is 50.8. The van der Waals surface area contributed by atoms with Crippen LogP contribution >= 0.6 is 0 Å². The molecule has 0 saturated carbocycles. The summed E-state index contributed by atoms with van der Waals surface area (Å²) in [7, 11) is 1.07. The Morgan fingerprint density at radius 3 is 2.00 bits per heavy atom. The average molecular weight is 81.7 g/mol. The molecule has 0 fully saturated rings. The predicted octanol–water partition coefficient (Wildman–Crippen LogP) is 0.0454. The molecule has 0 aromatic rings. The van der Waals surface area contributed by atoms with Gasteiger partial charge in [-0.15, -0.1) is 0 Å². The average Bonchev–Trinajstić information content (AvgIpc) is 1.35. The summed E-state index contributed by atoms with van der Waals surface area (Å²) < 4.78 is 0. The third kappa shape index (κ3) is 3.93. The van der Waals surface area contributed by atoms with Gasteiger partial charge >= 0.3 is 38.5 Å². The molecule has 0 saturated heterocycles. The number of rotatable bonds is 1. The van der Waals surface area contributed by atoms with Crippen molar-refractivity contribution in [1.82, 2.24) is 0 Å².